The lowest BCUT2D eigenvalue weighted by atomic mass is 10.2. The average molecular weight is 447 g/mol. The Morgan fingerprint density at radius 1 is 0.969 bits per heavy atom. The topological polar surface area (TPSA) is 80.5 Å². The Labute approximate surface area is 190 Å². The molecule has 0 aliphatic heterocycles. The molecule has 0 aliphatic carbocycles. The van der Waals surface area contributed by atoms with E-state index in [1.807, 2.05) is 89.9 Å². The van der Waals surface area contributed by atoms with Crippen molar-refractivity contribution >= 4 is 23.4 Å². The summed E-state index contributed by atoms with van der Waals surface area (Å²) in [6.45, 7) is 0.545. The van der Waals surface area contributed by atoms with E-state index in [0.717, 1.165) is 22.6 Å². The van der Waals surface area contributed by atoms with E-state index >= 15 is 0 Å². The highest BCUT2D eigenvalue weighted by atomic mass is 32.2. The number of aromatic nitrogens is 2. The maximum Gasteiger partial charge on any atom is 0.277 e. The molecule has 8 heteroatoms. The summed E-state index contributed by atoms with van der Waals surface area (Å²) in [5.74, 6) is 1.12. The van der Waals surface area contributed by atoms with Crippen molar-refractivity contribution in [2.75, 3.05) is 17.9 Å². The maximum absolute atomic E-state index is 12.7. The maximum atomic E-state index is 12.7. The van der Waals surface area contributed by atoms with Crippen molar-refractivity contribution in [1.82, 2.24) is 15.6 Å². The highest BCUT2D eigenvalue weighted by molar-refractivity contribution is 7.99. The monoisotopic (exact) mass is 446 g/mol. The highest BCUT2D eigenvalue weighted by Crippen LogP contribution is 2.25. The van der Waals surface area contributed by atoms with E-state index in [1.54, 1.807) is 7.11 Å². The van der Waals surface area contributed by atoms with Gasteiger partial charge in [-0.1, -0.05) is 60.3 Å². The van der Waals surface area contributed by atoms with Gasteiger partial charge >= 0.3 is 0 Å². The number of hydrogen-bond acceptors (Lipinski definition) is 7. The SMILES string of the molecule is COc1ccc(-c2nnc(SCC(=O)NN(Cc3ccccc3)c3ccccc3)o2)cc1. The van der Waals surface area contributed by atoms with Crippen molar-refractivity contribution in [3.8, 4) is 17.2 Å². The molecule has 0 atom stereocenters. The van der Waals surface area contributed by atoms with Crippen molar-refractivity contribution in [2.24, 2.45) is 0 Å². The van der Waals surface area contributed by atoms with Gasteiger partial charge in [0, 0.05) is 5.56 Å². The second-order valence-electron chi connectivity index (χ2n) is 6.83. The number of nitrogens with zero attached hydrogens (tertiary/aromatic N) is 3. The first kappa shape index (κ1) is 21.5. The van der Waals surface area contributed by atoms with Gasteiger partial charge in [0.25, 0.3) is 5.22 Å². The summed E-state index contributed by atoms with van der Waals surface area (Å²) in [7, 11) is 1.61. The Hall–Kier alpha value is -3.78. The third kappa shape index (κ3) is 5.67. The summed E-state index contributed by atoms with van der Waals surface area (Å²) < 4.78 is 10.8. The van der Waals surface area contributed by atoms with E-state index in [2.05, 4.69) is 15.6 Å². The van der Waals surface area contributed by atoms with Crippen LogP contribution in [0.3, 0.4) is 0 Å². The zero-order valence-corrected chi connectivity index (χ0v) is 18.3. The molecule has 0 saturated heterocycles. The first-order valence-electron chi connectivity index (χ1n) is 9.98. The molecular weight excluding hydrogens is 424 g/mol. The Bertz CT molecular complexity index is 1130. The number of hydrogen-bond donors (Lipinski definition) is 1. The van der Waals surface area contributed by atoms with Crippen LogP contribution >= 0.6 is 11.8 Å². The molecule has 4 aromatic rings. The fraction of sp³-hybridized carbons (Fsp3) is 0.125. The van der Waals surface area contributed by atoms with Gasteiger partial charge in [-0.3, -0.25) is 15.2 Å². The number of ether oxygens (including phenoxy) is 1. The van der Waals surface area contributed by atoms with E-state index in [1.165, 1.54) is 11.8 Å². The molecule has 1 N–H and O–H groups in total. The molecule has 1 heterocycles. The largest absolute Gasteiger partial charge is 0.497 e. The third-order valence-electron chi connectivity index (χ3n) is 4.58. The minimum Gasteiger partial charge on any atom is -0.497 e. The molecule has 1 amide bonds. The Morgan fingerprint density at radius 2 is 1.66 bits per heavy atom. The van der Waals surface area contributed by atoms with Crippen LogP contribution in [-0.2, 0) is 11.3 Å². The fourth-order valence-electron chi connectivity index (χ4n) is 3.00. The van der Waals surface area contributed by atoms with Crippen molar-refractivity contribution in [3.63, 3.8) is 0 Å². The van der Waals surface area contributed by atoms with Gasteiger partial charge in [-0.15, -0.1) is 10.2 Å². The number of carbonyl (C=O) groups excluding carboxylic acids is 1. The molecule has 0 spiro atoms. The number of benzene rings is 3. The van der Waals surface area contributed by atoms with Gasteiger partial charge in [-0.2, -0.15) is 0 Å². The predicted octanol–water partition coefficient (Wildman–Crippen LogP) is 4.58. The second-order valence-corrected chi connectivity index (χ2v) is 7.76. The summed E-state index contributed by atoms with van der Waals surface area (Å²) >= 11 is 1.19. The first-order valence-corrected chi connectivity index (χ1v) is 11.0. The zero-order chi connectivity index (χ0) is 22.2. The first-order chi connectivity index (χ1) is 15.7. The van der Waals surface area contributed by atoms with Crippen molar-refractivity contribution in [3.05, 3.63) is 90.5 Å². The quantitative estimate of drug-likeness (QED) is 0.298. The normalized spacial score (nSPS) is 10.5. The van der Waals surface area contributed by atoms with Crippen LogP contribution in [0.15, 0.2) is 94.6 Å². The standard InChI is InChI=1S/C24H22N4O3S/c1-30-21-14-12-19(13-15-21)23-25-26-24(31-23)32-17-22(29)27-28(20-10-6-3-7-11-20)16-18-8-4-2-5-9-18/h2-15H,16-17H2,1H3,(H,27,29). The number of methoxy groups -OCH3 is 1. The molecule has 0 saturated carbocycles. The van der Waals surface area contributed by atoms with Crippen LogP contribution in [0.1, 0.15) is 5.56 Å². The van der Waals surface area contributed by atoms with Gasteiger partial charge in [0.05, 0.1) is 25.1 Å². The van der Waals surface area contributed by atoms with Crippen LogP contribution in [0, 0.1) is 0 Å². The molecule has 0 radical (unpaired) electrons. The smallest absolute Gasteiger partial charge is 0.277 e. The van der Waals surface area contributed by atoms with Crippen LogP contribution in [0.25, 0.3) is 11.5 Å². The molecular formula is C24H22N4O3S. The minimum atomic E-state index is -0.168. The van der Waals surface area contributed by atoms with Crippen LogP contribution in [0.4, 0.5) is 5.69 Å². The van der Waals surface area contributed by atoms with Gasteiger partial charge in [0.2, 0.25) is 11.8 Å². The molecule has 0 fully saturated rings. The van der Waals surface area contributed by atoms with Crippen molar-refractivity contribution in [2.45, 2.75) is 11.8 Å². The predicted molar refractivity (Wildman–Crippen MR) is 124 cm³/mol. The van der Waals surface area contributed by atoms with Crippen molar-refractivity contribution in [1.29, 1.82) is 0 Å². The van der Waals surface area contributed by atoms with Gasteiger partial charge in [0.15, 0.2) is 0 Å². The molecule has 162 valence electrons. The summed E-state index contributed by atoms with van der Waals surface area (Å²) in [5, 5.41) is 10.3. The fourth-order valence-corrected chi connectivity index (χ4v) is 3.55. The molecule has 0 bridgehead atoms. The Morgan fingerprint density at radius 3 is 2.34 bits per heavy atom. The molecule has 4 rings (SSSR count). The van der Waals surface area contributed by atoms with Crippen molar-refractivity contribution < 1.29 is 13.9 Å². The number of rotatable bonds is 9. The van der Waals surface area contributed by atoms with E-state index in [4.69, 9.17) is 9.15 Å². The summed E-state index contributed by atoms with van der Waals surface area (Å²) in [4.78, 5) is 12.7. The Kier molecular flexibility index (Phi) is 7.04. The van der Waals surface area contributed by atoms with Gasteiger partial charge < -0.3 is 9.15 Å². The number of hydrazine groups is 1. The second kappa shape index (κ2) is 10.5. The number of anilines is 1. The van der Waals surface area contributed by atoms with E-state index < -0.39 is 0 Å². The van der Waals surface area contributed by atoms with Crippen LogP contribution in [-0.4, -0.2) is 29.0 Å². The lowest BCUT2D eigenvalue weighted by Gasteiger charge is -2.25. The summed E-state index contributed by atoms with van der Waals surface area (Å²) in [6, 6.07) is 27.0. The summed E-state index contributed by atoms with van der Waals surface area (Å²) in [6.07, 6.45) is 0. The van der Waals surface area contributed by atoms with Gasteiger partial charge in [0.1, 0.15) is 5.75 Å². The number of para-hydroxylation sites is 1. The number of thioether (sulfide) groups is 1. The highest BCUT2D eigenvalue weighted by Gasteiger charge is 2.14. The third-order valence-corrected chi connectivity index (χ3v) is 5.40. The van der Waals surface area contributed by atoms with Crippen LogP contribution in [0.2, 0.25) is 0 Å². The average Bonchev–Trinajstić information content (AvgIpc) is 3.33. The number of nitrogens with one attached hydrogen (secondary N) is 1. The lowest BCUT2D eigenvalue weighted by Crippen LogP contribution is -2.42. The van der Waals surface area contributed by atoms with E-state index in [-0.39, 0.29) is 11.7 Å². The van der Waals surface area contributed by atoms with Gasteiger partial charge in [-0.05, 0) is 42.0 Å². The minimum absolute atomic E-state index is 0.141. The Balaban J connectivity index is 1.37. The zero-order valence-electron chi connectivity index (χ0n) is 17.5. The number of carbonyl (C=O) groups is 1. The van der Waals surface area contributed by atoms with E-state index in [9.17, 15) is 4.79 Å². The molecule has 0 aliphatic rings. The molecule has 7 nitrogen and oxygen atoms in total. The molecule has 3 aromatic carbocycles. The van der Waals surface area contributed by atoms with Crippen LogP contribution in [0.5, 0.6) is 5.75 Å². The summed E-state index contributed by atoms with van der Waals surface area (Å²) in [5.41, 5.74) is 5.74. The lowest BCUT2D eigenvalue weighted by molar-refractivity contribution is -0.118. The molecule has 0 unspecified atom stereocenters. The van der Waals surface area contributed by atoms with Crippen LogP contribution < -0.4 is 15.2 Å². The van der Waals surface area contributed by atoms with Gasteiger partial charge in [-0.25, -0.2) is 0 Å². The van der Waals surface area contributed by atoms with E-state index in [0.29, 0.717) is 17.7 Å². The molecule has 1 aromatic heterocycles. The molecule has 32 heavy (non-hydrogen) atoms. The number of amides is 1.